The summed E-state index contributed by atoms with van der Waals surface area (Å²) >= 11 is 0. The van der Waals surface area contributed by atoms with Gasteiger partial charge in [0.1, 0.15) is 0 Å². The Morgan fingerprint density at radius 3 is 1.53 bits per heavy atom. The smallest absolute Gasteiger partial charge is 0.456 e. The van der Waals surface area contributed by atoms with Gasteiger partial charge >= 0.3 is 24.3 Å². The van der Waals surface area contributed by atoms with E-state index in [9.17, 15) is 43.9 Å². The Balaban J connectivity index is 4.71. The fourth-order valence-corrected chi connectivity index (χ4v) is 0.411. The average molecular weight is 280 g/mol. The molecule has 0 saturated heterocycles. The lowest BCUT2D eigenvalue weighted by atomic mass is 10.3. The standard InChI is InChI=1S/C6H2F10O/c7-2(5(11,12)13)3(8)17-1-4(9,10)6(14,15)16/h1H2. The van der Waals surface area contributed by atoms with Crippen LogP contribution in [0.2, 0.25) is 0 Å². The van der Waals surface area contributed by atoms with E-state index in [4.69, 9.17) is 0 Å². The maximum Gasteiger partial charge on any atom is 0.456 e. The SMILES string of the molecule is FC(OCC(F)(F)C(F)(F)F)=C(F)C(F)(F)F. The highest BCUT2D eigenvalue weighted by molar-refractivity contribution is 5.00. The molecule has 0 unspecified atom stereocenters. The summed E-state index contributed by atoms with van der Waals surface area (Å²) in [6.45, 7) is -2.80. The lowest BCUT2D eigenvalue weighted by Crippen LogP contribution is -2.40. The van der Waals surface area contributed by atoms with Gasteiger partial charge in [0, 0.05) is 0 Å². The van der Waals surface area contributed by atoms with Crippen molar-refractivity contribution in [2.75, 3.05) is 6.61 Å². The molecular weight excluding hydrogens is 278 g/mol. The molecule has 0 bridgehead atoms. The van der Waals surface area contributed by atoms with Gasteiger partial charge in [-0.1, -0.05) is 0 Å². The number of halogens is 10. The molecule has 0 aromatic rings. The van der Waals surface area contributed by atoms with Crippen molar-refractivity contribution >= 4 is 0 Å². The van der Waals surface area contributed by atoms with Crippen molar-refractivity contribution in [2.24, 2.45) is 0 Å². The van der Waals surface area contributed by atoms with E-state index in [1.165, 1.54) is 0 Å². The quantitative estimate of drug-likeness (QED) is 0.563. The molecule has 0 heterocycles. The summed E-state index contributed by atoms with van der Waals surface area (Å²) in [6.07, 6.45) is -12.0. The highest BCUT2D eigenvalue weighted by Crippen LogP contribution is 2.37. The van der Waals surface area contributed by atoms with Crippen LogP contribution in [-0.2, 0) is 4.74 Å². The van der Waals surface area contributed by atoms with Crippen molar-refractivity contribution in [3.8, 4) is 0 Å². The van der Waals surface area contributed by atoms with Gasteiger partial charge in [0.25, 0.3) is 5.83 Å². The summed E-state index contributed by atoms with van der Waals surface area (Å²) in [5.74, 6) is -9.13. The molecule has 0 spiro atoms. The van der Waals surface area contributed by atoms with Crippen LogP contribution in [0.1, 0.15) is 0 Å². The van der Waals surface area contributed by atoms with E-state index >= 15 is 0 Å². The monoisotopic (exact) mass is 280 g/mol. The molecule has 0 aromatic heterocycles. The Kier molecular flexibility index (Phi) is 4.29. The molecule has 0 aromatic carbocycles. The summed E-state index contributed by atoms with van der Waals surface area (Å²) in [6, 6.07) is -3.19. The third kappa shape index (κ3) is 4.30. The molecule has 0 aliphatic heterocycles. The van der Waals surface area contributed by atoms with Crippen LogP contribution in [0.4, 0.5) is 43.9 Å². The van der Waals surface area contributed by atoms with Crippen molar-refractivity contribution in [1.82, 2.24) is 0 Å². The van der Waals surface area contributed by atoms with Gasteiger partial charge in [0.2, 0.25) is 0 Å². The lowest BCUT2D eigenvalue weighted by molar-refractivity contribution is -0.295. The third-order valence-corrected chi connectivity index (χ3v) is 1.22. The molecule has 0 aliphatic carbocycles. The highest BCUT2D eigenvalue weighted by Gasteiger charge is 2.58. The number of hydrogen-bond donors (Lipinski definition) is 0. The molecule has 0 atom stereocenters. The molecule has 0 radical (unpaired) electrons. The first-order chi connectivity index (χ1) is 7.29. The predicted octanol–water partition coefficient (Wildman–Crippen LogP) is 3.87. The second kappa shape index (κ2) is 4.61. The summed E-state index contributed by atoms with van der Waals surface area (Å²) in [4.78, 5) is 0. The lowest BCUT2D eigenvalue weighted by Gasteiger charge is -2.19. The van der Waals surface area contributed by atoms with E-state index in [-0.39, 0.29) is 0 Å². The van der Waals surface area contributed by atoms with Gasteiger partial charge in [-0.05, 0) is 0 Å². The molecule has 0 amide bonds. The van der Waals surface area contributed by atoms with Gasteiger partial charge in [0.05, 0.1) is 0 Å². The predicted molar refractivity (Wildman–Crippen MR) is 32.3 cm³/mol. The number of rotatable bonds is 3. The minimum Gasteiger partial charge on any atom is -0.462 e. The average Bonchev–Trinajstić information content (AvgIpc) is 2.09. The van der Waals surface area contributed by atoms with Crippen LogP contribution in [-0.4, -0.2) is 24.9 Å². The van der Waals surface area contributed by atoms with E-state index in [0.717, 1.165) is 0 Å². The van der Waals surface area contributed by atoms with Gasteiger partial charge in [-0.3, -0.25) is 0 Å². The highest BCUT2D eigenvalue weighted by atomic mass is 19.4. The molecule has 0 aliphatic rings. The molecule has 0 saturated carbocycles. The Labute approximate surface area is 86.6 Å². The Morgan fingerprint density at radius 2 is 1.24 bits per heavy atom. The maximum absolute atomic E-state index is 12.1. The van der Waals surface area contributed by atoms with Crippen molar-refractivity contribution in [3.05, 3.63) is 11.8 Å². The van der Waals surface area contributed by atoms with Crippen LogP contribution in [0.5, 0.6) is 0 Å². The third-order valence-electron chi connectivity index (χ3n) is 1.22. The van der Waals surface area contributed by atoms with E-state index in [1.807, 2.05) is 0 Å². The number of ether oxygens (including phenoxy) is 1. The summed E-state index contributed by atoms with van der Waals surface area (Å²) in [5.41, 5.74) is 0. The molecule has 1 nitrogen and oxygen atoms in total. The van der Waals surface area contributed by atoms with Crippen LogP contribution in [0.3, 0.4) is 0 Å². The van der Waals surface area contributed by atoms with Crippen molar-refractivity contribution in [2.45, 2.75) is 18.3 Å². The largest absolute Gasteiger partial charge is 0.462 e. The van der Waals surface area contributed by atoms with Crippen LogP contribution in [0.25, 0.3) is 0 Å². The molecule has 102 valence electrons. The van der Waals surface area contributed by atoms with Crippen LogP contribution in [0, 0.1) is 0 Å². The van der Waals surface area contributed by atoms with E-state index in [2.05, 4.69) is 4.74 Å². The van der Waals surface area contributed by atoms with Crippen LogP contribution < -0.4 is 0 Å². The Bertz CT molecular complexity index is 297. The molecule has 17 heavy (non-hydrogen) atoms. The topological polar surface area (TPSA) is 9.23 Å². The summed E-state index contributed by atoms with van der Waals surface area (Å²) in [7, 11) is 0. The Morgan fingerprint density at radius 1 is 0.824 bits per heavy atom. The maximum atomic E-state index is 12.1. The first-order valence-corrected chi connectivity index (χ1v) is 3.49. The number of allylic oxidation sites excluding steroid dienone is 1. The Hall–Kier alpha value is -1.16. The van der Waals surface area contributed by atoms with Gasteiger partial charge in [-0.15, -0.1) is 0 Å². The van der Waals surface area contributed by atoms with Crippen molar-refractivity contribution in [3.63, 3.8) is 0 Å². The second-order valence-corrected chi connectivity index (χ2v) is 2.58. The van der Waals surface area contributed by atoms with Gasteiger partial charge < -0.3 is 4.74 Å². The molecule has 0 rings (SSSR count). The summed E-state index contributed by atoms with van der Waals surface area (Å²) in [5, 5.41) is 0. The zero-order valence-electron chi connectivity index (χ0n) is 7.39. The fraction of sp³-hybridized carbons (Fsp3) is 0.667. The zero-order chi connectivity index (χ0) is 14.1. The molecule has 11 heteroatoms. The fourth-order valence-electron chi connectivity index (χ4n) is 0.411. The minimum atomic E-state index is -6.15. The minimum absolute atomic E-state index is 2.77. The number of alkyl halides is 8. The van der Waals surface area contributed by atoms with Crippen LogP contribution in [0.15, 0.2) is 11.8 Å². The van der Waals surface area contributed by atoms with Gasteiger partial charge in [0.15, 0.2) is 6.61 Å². The molecule has 0 fully saturated rings. The normalized spacial score (nSPS) is 15.6. The van der Waals surface area contributed by atoms with Crippen molar-refractivity contribution < 1.29 is 48.6 Å². The molecule has 0 N–H and O–H groups in total. The number of hydrogen-bond acceptors (Lipinski definition) is 1. The first-order valence-electron chi connectivity index (χ1n) is 3.49. The van der Waals surface area contributed by atoms with E-state index < -0.39 is 36.7 Å². The second-order valence-electron chi connectivity index (χ2n) is 2.58. The zero-order valence-corrected chi connectivity index (χ0v) is 7.39. The summed E-state index contributed by atoms with van der Waals surface area (Å²) < 4.78 is 119. The van der Waals surface area contributed by atoms with Crippen LogP contribution >= 0.6 is 0 Å². The first kappa shape index (κ1) is 15.8. The van der Waals surface area contributed by atoms with Gasteiger partial charge in [-0.25, -0.2) is 0 Å². The van der Waals surface area contributed by atoms with E-state index in [0.29, 0.717) is 0 Å². The molecular formula is C6H2F10O. The van der Waals surface area contributed by atoms with E-state index in [1.54, 1.807) is 0 Å². The van der Waals surface area contributed by atoms with Gasteiger partial charge in [-0.2, -0.15) is 43.9 Å². The van der Waals surface area contributed by atoms with Crippen molar-refractivity contribution in [1.29, 1.82) is 0 Å².